The van der Waals surface area contributed by atoms with E-state index in [2.05, 4.69) is 26.1 Å². The molecule has 0 radical (unpaired) electrons. The molecule has 34 heavy (non-hydrogen) atoms. The molecule has 0 amide bonds. The minimum Gasteiger partial charge on any atom is -0.254 e. The van der Waals surface area contributed by atoms with Crippen LogP contribution in [0.4, 0.5) is 4.39 Å². The summed E-state index contributed by atoms with van der Waals surface area (Å²) >= 11 is 17.5. The SMILES string of the molecule is CS(=O)c1c(-c2nnc(C3(CF)CCC3)s2)nn(-c2ccc(Cl)cc2Cl)c1-c1ccc(Br)cc1. The van der Waals surface area contributed by atoms with Gasteiger partial charge in [0.1, 0.15) is 17.4 Å². The van der Waals surface area contributed by atoms with Crippen LogP contribution in [0.25, 0.3) is 27.6 Å². The predicted octanol–water partition coefficient (Wildman–Crippen LogP) is 7.26. The predicted molar refractivity (Wildman–Crippen MR) is 139 cm³/mol. The summed E-state index contributed by atoms with van der Waals surface area (Å²) < 4.78 is 29.5. The van der Waals surface area contributed by atoms with Crippen molar-refractivity contribution >= 4 is 61.3 Å². The molecule has 1 saturated carbocycles. The van der Waals surface area contributed by atoms with Gasteiger partial charge in [-0.25, -0.2) is 4.68 Å². The van der Waals surface area contributed by atoms with Gasteiger partial charge in [-0.05, 0) is 43.2 Å². The van der Waals surface area contributed by atoms with E-state index < -0.39 is 22.9 Å². The number of aromatic nitrogens is 4. The average Bonchev–Trinajstić information content (AvgIpc) is 3.40. The monoisotopic (exact) mass is 598 g/mol. The van der Waals surface area contributed by atoms with E-state index in [0.717, 1.165) is 29.3 Å². The highest BCUT2D eigenvalue weighted by Crippen LogP contribution is 2.47. The first-order valence-corrected chi connectivity index (χ1v) is 14.3. The van der Waals surface area contributed by atoms with Gasteiger partial charge in [0.05, 0.1) is 37.5 Å². The summed E-state index contributed by atoms with van der Waals surface area (Å²) in [7, 11) is -1.42. The minimum atomic E-state index is -1.42. The molecular weight excluding hydrogens is 582 g/mol. The van der Waals surface area contributed by atoms with Crippen molar-refractivity contribution in [3.8, 4) is 27.6 Å². The van der Waals surface area contributed by atoms with E-state index in [9.17, 15) is 8.60 Å². The molecule has 0 saturated heterocycles. The topological polar surface area (TPSA) is 60.7 Å². The molecule has 1 aliphatic carbocycles. The van der Waals surface area contributed by atoms with Crippen molar-refractivity contribution in [1.82, 2.24) is 20.0 Å². The number of nitrogens with zero attached hydrogens (tertiary/aromatic N) is 4. The fourth-order valence-electron chi connectivity index (χ4n) is 4.05. The molecule has 1 fully saturated rings. The molecule has 4 aromatic rings. The quantitative estimate of drug-likeness (QED) is 0.234. The Labute approximate surface area is 220 Å². The average molecular weight is 600 g/mol. The second-order valence-electron chi connectivity index (χ2n) is 8.17. The van der Waals surface area contributed by atoms with E-state index >= 15 is 0 Å². The molecule has 5 rings (SSSR count). The first kappa shape index (κ1) is 24.1. The molecule has 2 heterocycles. The van der Waals surface area contributed by atoms with Gasteiger partial charge < -0.3 is 0 Å². The van der Waals surface area contributed by atoms with Crippen LogP contribution in [0.15, 0.2) is 51.8 Å². The third-order valence-electron chi connectivity index (χ3n) is 6.03. The molecule has 2 aromatic heterocycles. The number of hydrogen-bond acceptors (Lipinski definition) is 5. The van der Waals surface area contributed by atoms with Crippen LogP contribution < -0.4 is 0 Å². The Morgan fingerprint density at radius 3 is 2.50 bits per heavy atom. The Morgan fingerprint density at radius 1 is 1.18 bits per heavy atom. The van der Waals surface area contributed by atoms with Gasteiger partial charge in [0, 0.05) is 21.3 Å². The van der Waals surface area contributed by atoms with Gasteiger partial charge in [0.2, 0.25) is 0 Å². The van der Waals surface area contributed by atoms with Crippen LogP contribution in [0.3, 0.4) is 0 Å². The van der Waals surface area contributed by atoms with Gasteiger partial charge in [0.25, 0.3) is 0 Å². The van der Waals surface area contributed by atoms with Crippen molar-refractivity contribution < 1.29 is 8.60 Å². The first-order chi connectivity index (χ1) is 16.3. The third-order valence-corrected chi connectivity index (χ3v) is 9.24. The zero-order valence-electron chi connectivity index (χ0n) is 17.9. The summed E-state index contributed by atoms with van der Waals surface area (Å²) in [5.74, 6) is 0. The van der Waals surface area contributed by atoms with E-state index in [4.69, 9.17) is 28.3 Å². The first-order valence-electron chi connectivity index (χ1n) is 10.4. The summed E-state index contributed by atoms with van der Waals surface area (Å²) in [6.07, 6.45) is 4.08. The molecular formula is C23H18BrCl2FN4OS2. The summed E-state index contributed by atoms with van der Waals surface area (Å²) in [6, 6.07) is 12.8. The van der Waals surface area contributed by atoms with Gasteiger partial charge in [-0.3, -0.25) is 8.60 Å². The van der Waals surface area contributed by atoms with E-state index in [1.54, 1.807) is 29.1 Å². The molecule has 0 spiro atoms. The van der Waals surface area contributed by atoms with Crippen LogP contribution in [-0.4, -0.2) is 37.1 Å². The normalized spacial score (nSPS) is 15.8. The lowest BCUT2D eigenvalue weighted by atomic mass is 9.70. The Hall–Kier alpha value is -1.65. The van der Waals surface area contributed by atoms with E-state index in [0.29, 0.717) is 42.0 Å². The maximum Gasteiger partial charge on any atom is 0.169 e. The molecule has 1 atom stereocenters. The highest BCUT2D eigenvalue weighted by molar-refractivity contribution is 9.10. The van der Waals surface area contributed by atoms with Crippen LogP contribution in [0, 0.1) is 0 Å². The highest BCUT2D eigenvalue weighted by Gasteiger charge is 2.42. The molecule has 2 aromatic carbocycles. The lowest BCUT2D eigenvalue weighted by molar-refractivity contribution is 0.183. The molecule has 1 unspecified atom stereocenters. The Morgan fingerprint density at radius 2 is 1.91 bits per heavy atom. The van der Waals surface area contributed by atoms with Crippen LogP contribution >= 0.6 is 50.5 Å². The van der Waals surface area contributed by atoms with Crippen molar-refractivity contribution in [3.63, 3.8) is 0 Å². The highest BCUT2D eigenvalue weighted by atomic mass is 79.9. The number of halogens is 4. The van der Waals surface area contributed by atoms with Crippen LogP contribution in [-0.2, 0) is 16.2 Å². The van der Waals surface area contributed by atoms with Crippen molar-refractivity contribution in [2.45, 2.75) is 29.6 Å². The van der Waals surface area contributed by atoms with Crippen molar-refractivity contribution in [3.05, 3.63) is 62.0 Å². The van der Waals surface area contributed by atoms with Gasteiger partial charge >= 0.3 is 0 Å². The summed E-state index contributed by atoms with van der Waals surface area (Å²) in [5.41, 5.74) is 1.92. The summed E-state index contributed by atoms with van der Waals surface area (Å²) in [5, 5.41) is 15.5. The summed E-state index contributed by atoms with van der Waals surface area (Å²) in [6.45, 7) is -0.465. The Bertz CT molecular complexity index is 1400. The maximum atomic E-state index is 13.9. The van der Waals surface area contributed by atoms with Crippen molar-refractivity contribution in [2.75, 3.05) is 12.9 Å². The smallest absolute Gasteiger partial charge is 0.169 e. The lowest BCUT2D eigenvalue weighted by Crippen LogP contribution is -2.36. The van der Waals surface area contributed by atoms with E-state index in [-0.39, 0.29) is 0 Å². The molecule has 0 bridgehead atoms. The number of alkyl halides is 1. The van der Waals surface area contributed by atoms with Crippen molar-refractivity contribution in [1.29, 1.82) is 0 Å². The molecule has 0 N–H and O–H groups in total. The Kier molecular flexibility index (Phi) is 6.67. The zero-order valence-corrected chi connectivity index (χ0v) is 22.6. The molecule has 5 nitrogen and oxygen atoms in total. The lowest BCUT2D eigenvalue weighted by Gasteiger charge is -2.36. The van der Waals surface area contributed by atoms with Gasteiger partial charge in [-0.2, -0.15) is 5.10 Å². The minimum absolute atomic E-state index is 0.400. The molecule has 11 heteroatoms. The summed E-state index contributed by atoms with van der Waals surface area (Å²) in [4.78, 5) is 0.513. The zero-order chi connectivity index (χ0) is 24.0. The van der Waals surface area contributed by atoms with Crippen LogP contribution in [0.1, 0.15) is 24.3 Å². The van der Waals surface area contributed by atoms with Gasteiger partial charge in [-0.1, -0.05) is 69.0 Å². The van der Waals surface area contributed by atoms with Gasteiger partial charge in [0.15, 0.2) is 5.01 Å². The standard InChI is InChI=1S/C23H18BrCl2FN4OS2/c1-34(32)20-18(21-28-29-22(33-21)23(12-27)9-2-10-23)30-31(17-8-7-15(25)11-16(17)26)19(20)13-3-5-14(24)6-4-13/h3-8,11H,2,9-10,12H2,1H3. The molecule has 0 aliphatic heterocycles. The van der Waals surface area contributed by atoms with Crippen LogP contribution in [0.2, 0.25) is 10.0 Å². The molecule has 176 valence electrons. The van der Waals surface area contributed by atoms with E-state index in [1.165, 1.54) is 11.3 Å². The number of hydrogen-bond donors (Lipinski definition) is 0. The van der Waals surface area contributed by atoms with Crippen LogP contribution in [0.5, 0.6) is 0 Å². The fraction of sp³-hybridized carbons (Fsp3) is 0.261. The van der Waals surface area contributed by atoms with Crippen molar-refractivity contribution in [2.24, 2.45) is 0 Å². The largest absolute Gasteiger partial charge is 0.254 e. The number of rotatable bonds is 6. The second kappa shape index (κ2) is 9.43. The molecule has 1 aliphatic rings. The number of benzene rings is 2. The van der Waals surface area contributed by atoms with E-state index in [1.807, 2.05) is 24.3 Å². The Balaban J connectivity index is 1.76. The van der Waals surface area contributed by atoms with Gasteiger partial charge in [-0.15, -0.1) is 10.2 Å². The maximum absolute atomic E-state index is 13.9. The third kappa shape index (κ3) is 4.15. The fourth-order valence-corrected chi connectivity index (χ4v) is 6.81. The second-order valence-corrected chi connectivity index (χ2v) is 12.2.